The Bertz CT molecular complexity index is 497. The maximum Gasteiger partial charge on any atom is 0.303 e. The zero-order valence-electron chi connectivity index (χ0n) is 17.3. The fourth-order valence-electron chi connectivity index (χ4n) is 3.97. The lowest BCUT2D eigenvalue weighted by atomic mass is 9.79. The number of ketones is 2. The van der Waals surface area contributed by atoms with Crippen molar-refractivity contribution in [1.82, 2.24) is 0 Å². The Labute approximate surface area is 163 Å². The number of carboxylic acid groups (broad SMARTS) is 1. The molecule has 5 heteroatoms. The summed E-state index contributed by atoms with van der Waals surface area (Å²) in [6.07, 6.45) is 8.23. The molecule has 0 aromatic rings. The van der Waals surface area contributed by atoms with Gasteiger partial charge in [0.25, 0.3) is 0 Å². The summed E-state index contributed by atoms with van der Waals surface area (Å²) in [6, 6.07) is 0. The van der Waals surface area contributed by atoms with E-state index in [1.165, 1.54) is 0 Å². The third kappa shape index (κ3) is 8.12. The van der Waals surface area contributed by atoms with Crippen molar-refractivity contribution in [3.05, 3.63) is 0 Å². The minimum absolute atomic E-state index is 0.0790. The summed E-state index contributed by atoms with van der Waals surface area (Å²) in [6.45, 7) is 5.93. The molecule has 3 atom stereocenters. The van der Waals surface area contributed by atoms with Crippen LogP contribution in [0.4, 0.5) is 0 Å². The molecule has 3 unspecified atom stereocenters. The monoisotopic (exact) mass is 382 g/mol. The molecule has 0 aliphatic heterocycles. The third-order valence-corrected chi connectivity index (χ3v) is 6.33. The van der Waals surface area contributed by atoms with Crippen molar-refractivity contribution in [3.8, 4) is 0 Å². The van der Waals surface area contributed by atoms with Gasteiger partial charge in [-0.1, -0.05) is 52.9 Å². The zero-order valence-corrected chi connectivity index (χ0v) is 17.3. The lowest BCUT2D eigenvalue weighted by Gasteiger charge is -2.24. The van der Waals surface area contributed by atoms with Crippen molar-refractivity contribution in [3.63, 3.8) is 0 Å². The second-order valence-electron chi connectivity index (χ2n) is 8.76. The molecule has 1 saturated carbocycles. The molecule has 1 rings (SSSR count). The number of unbranched alkanes of at least 4 members (excludes halogenated alkanes) is 5. The van der Waals surface area contributed by atoms with Crippen LogP contribution >= 0.6 is 0 Å². The first-order valence-electron chi connectivity index (χ1n) is 10.6. The van der Waals surface area contributed by atoms with Crippen LogP contribution in [0, 0.1) is 17.3 Å². The van der Waals surface area contributed by atoms with Gasteiger partial charge in [-0.3, -0.25) is 14.4 Å². The molecule has 1 fully saturated rings. The average Bonchev–Trinajstić information content (AvgIpc) is 2.87. The van der Waals surface area contributed by atoms with Crippen LogP contribution in [-0.4, -0.2) is 33.9 Å². The number of carbonyl (C=O) groups excluding carboxylic acids is 2. The average molecular weight is 383 g/mol. The summed E-state index contributed by atoms with van der Waals surface area (Å²) in [5, 5.41) is 18.9. The van der Waals surface area contributed by atoms with E-state index in [1.807, 2.05) is 20.8 Å². The molecule has 2 N–H and O–H groups in total. The zero-order chi connectivity index (χ0) is 20.4. The van der Waals surface area contributed by atoms with Crippen LogP contribution in [-0.2, 0) is 14.4 Å². The van der Waals surface area contributed by atoms with Crippen LogP contribution < -0.4 is 0 Å². The van der Waals surface area contributed by atoms with Crippen molar-refractivity contribution in [2.45, 2.75) is 104 Å². The topological polar surface area (TPSA) is 91.7 Å². The highest BCUT2D eigenvalue weighted by atomic mass is 16.4. The van der Waals surface area contributed by atoms with Gasteiger partial charge in [0.15, 0.2) is 0 Å². The van der Waals surface area contributed by atoms with Crippen LogP contribution in [0.15, 0.2) is 0 Å². The van der Waals surface area contributed by atoms with Crippen LogP contribution in [0.5, 0.6) is 0 Å². The molecule has 1 aliphatic carbocycles. The molecule has 0 bridgehead atoms. The molecule has 0 aromatic carbocycles. The van der Waals surface area contributed by atoms with E-state index in [-0.39, 0.29) is 41.7 Å². The SMILES string of the molecule is CCC(C)(C)C(=O)CCC1C(O)CC(=O)C1CCCCCCCCC(=O)O. The summed E-state index contributed by atoms with van der Waals surface area (Å²) in [7, 11) is 0. The summed E-state index contributed by atoms with van der Waals surface area (Å²) >= 11 is 0. The Hall–Kier alpha value is -1.23. The molecule has 0 amide bonds. The lowest BCUT2D eigenvalue weighted by molar-refractivity contribution is -0.137. The summed E-state index contributed by atoms with van der Waals surface area (Å²) < 4.78 is 0. The minimum Gasteiger partial charge on any atom is -0.481 e. The molecular weight excluding hydrogens is 344 g/mol. The number of carbonyl (C=O) groups is 3. The van der Waals surface area contributed by atoms with E-state index in [4.69, 9.17) is 5.11 Å². The normalized spacial score (nSPS) is 23.0. The number of aliphatic hydroxyl groups is 1. The maximum atomic E-state index is 12.4. The summed E-state index contributed by atoms with van der Waals surface area (Å²) in [5.41, 5.74) is -0.330. The van der Waals surface area contributed by atoms with E-state index >= 15 is 0 Å². The van der Waals surface area contributed by atoms with Crippen molar-refractivity contribution in [1.29, 1.82) is 0 Å². The van der Waals surface area contributed by atoms with Gasteiger partial charge < -0.3 is 10.2 Å². The summed E-state index contributed by atoms with van der Waals surface area (Å²) in [4.78, 5) is 35.1. The standard InChI is InChI=1S/C22H38O5/c1-4-22(2,3)20(25)14-13-17-16(18(23)15-19(17)24)11-9-7-5-6-8-10-12-21(26)27/h16-17,19,24H,4-15H2,1-3H3,(H,26,27). The van der Waals surface area contributed by atoms with Gasteiger partial charge >= 0.3 is 5.97 Å². The molecule has 27 heavy (non-hydrogen) atoms. The van der Waals surface area contributed by atoms with E-state index in [9.17, 15) is 19.5 Å². The van der Waals surface area contributed by atoms with E-state index in [2.05, 4.69) is 0 Å². The number of rotatable bonds is 14. The van der Waals surface area contributed by atoms with Gasteiger partial charge in [0.05, 0.1) is 6.10 Å². The van der Waals surface area contributed by atoms with Crippen LogP contribution in [0.25, 0.3) is 0 Å². The molecule has 1 aliphatic rings. The highest BCUT2D eigenvalue weighted by Crippen LogP contribution is 2.37. The number of Topliss-reactive ketones (excluding diaryl/α,β-unsaturated/α-hetero) is 2. The number of carboxylic acids is 1. The van der Waals surface area contributed by atoms with E-state index in [1.54, 1.807) is 0 Å². The lowest BCUT2D eigenvalue weighted by Crippen LogP contribution is -2.27. The van der Waals surface area contributed by atoms with Gasteiger partial charge in [-0.05, 0) is 31.6 Å². The Morgan fingerprint density at radius 2 is 1.59 bits per heavy atom. The predicted molar refractivity (Wildman–Crippen MR) is 105 cm³/mol. The molecular formula is C22H38O5. The second kappa shape index (κ2) is 11.6. The first-order chi connectivity index (χ1) is 12.7. The van der Waals surface area contributed by atoms with Crippen LogP contribution in [0.1, 0.15) is 97.8 Å². The maximum absolute atomic E-state index is 12.4. The van der Waals surface area contributed by atoms with Gasteiger partial charge in [0.2, 0.25) is 0 Å². The van der Waals surface area contributed by atoms with Crippen molar-refractivity contribution in [2.75, 3.05) is 0 Å². The number of aliphatic hydroxyl groups excluding tert-OH is 1. The van der Waals surface area contributed by atoms with Crippen molar-refractivity contribution >= 4 is 17.5 Å². The first kappa shape index (κ1) is 23.8. The van der Waals surface area contributed by atoms with Gasteiger partial charge in [-0.15, -0.1) is 0 Å². The Morgan fingerprint density at radius 3 is 2.19 bits per heavy atom. The number of aliphatic carboxylic acids is 1. The smallest absolute Gasteiger partial charge is 0.303 e. The number of hydrogen-bond acceptors (Lipinski definition) is 4. The van der Waals surface area contributed by atoms with Crippen molar-refractivity contribution in [2.24, 2.45) is 17.3 Å². The van der Waals surface area contributed by atoms with Crippen molar-refractivity contribution < 1.29 is 24.6 Å². The molecule has 5 nitrogen and oxygen atoms in total. The fraction of sp³-hybridized carbons (Fsp3) is 0.864. The van der Waals surface area contributed by atoms with E-state index in [0.717, 1.165) is 51.4 Å². The third-order valence-electron chi connectivity index (χ3n) is 6.33. The van der Waals surface area contributed by atoms with Gasteiger partial charge in [-0.2, -0.15) is 0 Å². The molecule has 0 radical (unpaired) electrons. The number of hydrogen-bond donors (Lipinski definition) is 2. The Morgan fingerprint density at radius 1 is 1.00 bits per heavy atom. The van der Waals surface area contributed by atoms with Gasteiger partial charge in [0.1, 0.15) is 11.6 Å². The summed E-state index contributed by atoms with van der Waals surface area (Å²) in [5.74, 6) is -0.554. The Balaban J connectivity index is 2.34. The largest absolute Gasteiger partial charge is 0.481 e. The molecule has 0 aromatic heterocycles. The molecule has 0 saturated heterocycles. The van der Waals surface area contributed by atoms with Crippen LogP contribution in [0.3, 0.4) is 0 Å². The van der Waals surface area contributed by atoms with E-state index < -0.39 is 12.1 Å². The predicted octanol–water partition coefficient (Wildman–Crippen LogP) is 4.54. The molecule has 156 valence electrons. The van der Waals surface area contributed by atoms with Gasteiger partial charge in [0, 0.05) is 30.6 Å². The quantitative estimate of drug-likeness (QED) is 0.430. The highest BCUT2D eigenvalue weighted by Gasteiger charge is 2.41. The first-order valence-corrected chi connectivity index (χ1v) is 10.6. The van der Waals surface area contributed by atoms with Crippen LogP contribution in [0.2, 0.25) is 0 Å². The fourth-order valence-corrected chi connectivity index (χ4v) is 3.97. The second-order valence-corrected chi connectivity index (χ2v) is 8.76. The van der Waals surface area contributed by atoms with Gasteiger partial charge in [-0.25, -0.2) is 0 Å². The highest BCUT2D eigenvalue weighted by molar-refractivity contribution is 5.85. The molecule has 0 spiro atoms. The molecule has 0 heterocycles. The Kier molecular flexibility index (Phi) is 10.2. The van der Waals surface area contributed by atoms with E-state index in [0.29, 0.717) is 12.8 Å². The minimum atomic E-state index is -0.736.